The molecule has 5 rings (SSSR count). The summed E-state index contributed by atoms with van der Waals surface area (Å²) in [5, 5.41) is 4.42. The first kappa shape index (κ1) is 14.0. The highest BCUT2D eigenvalue weighted by molar-refractivity contribution is 6.14. The molecule has 0 spiro atoms. The van der Waals surface area contributed by atoms with Crippen molar-refractivity contribution in [3.05, 3.63) is 72.1 Å². The summed E-state index contributed by atoms with van der Waals surface area (Å²) in [4.78, 5) is 31.7. The Morgan fingerprint density at radius 1 is 0.760 bits per heavy atom. The predicted molar refractivity (Wildman–Crippen MR) is 95.1 cm³/mol. The number of hydrogen-bond acceptors (Lipinski definition) is 2. The molecule has 0 atom stereocenters. The van der Waals surface area contributed by atoms with Gasteiger partial charge in [-0.25, -0.2) is 0 Å². The summed E-state index contributed by atoms with van der Waals surface area (Å²) in [7, 11) is 0. The minimum absolute atomic E-state index is 0.107. The first-order valence-corrected chi connectivity index (χ1v) is 8.17. The van der Waals surface area contributed by atoms with Crippen molar-refractivity contribution in [2.75, 3.05) is 0 Å². The molecular formula is C20H15N3O2. The number of hydrogen-bond donors (Lipinski definition) is 3. The van der Waals surface area contributed by atoms with Crippen molar-refractivity contribution in [1.82, 2.24) is 15.3 Å². The lowest BCUT2D eigenvalue weighted by atomic mass is 9.73. The number of aromatic nitrogens is 2. The molecule has 0 radical (unpaired) electrons. The van der Waals surface area contributed by atoms with E-state index in [4.69, 9.17) is 0 Å². The fraction of sp³-hybridized carbons (Fsp3) is 0.100. The quantitative estimate of drug-likeness (QED) is 0.494. The maximum Gasteiger partial charge on any atom is 0.242 e. The van der Waals surface area contributed by atoms with Gasteiger partial charge in [-0.15, -0.1) is 0 Å². The topological polar surface area (TPSA) is 77.8 Å². The maximum atomic E-state index is 13.0. The Kier molecular flexibility index (Phi) is 2.71. The van der Waals surface area contributed by atoms with Crippen molar-refractivity contribution in [2.24, 2.45) is 0 Å². The molecule has 3 N–H and O–H groups in total. The summed E-state index contributed by atoms with van der Waals surface area (Å²) in [6.45, 7) is 0. The number of para-hydroxylation sites is 2. The second-order valence-electron chi connectivity index (χ2n) is 6.46. The first-order chi connectivity index (χ1) is 12.2. The molecule has 0 saturated carbocycles. The van der Waals surface area contributed by atoms with Gasteiger partial charge in [0.15, 0.2) is 0 Å². The van der Waals surface area contributed by atoms with Crippen LogP contribution in [-0.2, 0) is 15.0 Å². The minimum atomic E-state index is -1.03. The SMILES string of the molecule is O=C1CC(c2c[nH]c3ccccc23)(c2c[nH]c3ccccc23)C(=O)N1. The van der Waals surface area contributed by atoms with Crippen molar-refractivity contribution in [3.8, 4) is 0 Å². The number of aromatic amines is 2. The van der Waals surface area contributed by atoms with E-state index in [1.807, 2.05) is 60.9 Å². The van der Waals surface area contributed by atoms with Crippen molar-refractivity contribution in [2.45, 2.75) is 11.8 Å². The highest BCUT2D eigenvalue weighted by Gasteiger charge is 2.51. The molecule has 2 aromatic carbocycles. The number of rotatable bonds is 2. The van der Waals surface area contributed by atoms with E-state index in [9.17, 15) is 9.59 Å². The Bertz CT molecular complexity index is 1080. The summed E-state index contributed by atoms with van der Waals surface area (Å²) in [6.07, 6.45) is 3.81. The van der Waals surface area contributed by atoms with E-state index in [-0.39, 0.29) is 18.2 Å². The molecule has 122 valence electrons. The Morgan fingerprint density at radius 3 is 1.76 bits per heavy atom. The second-order valence-corrected chi connectivity index (χ2v) is 6.46. The van der Waals surface area contributed by atoms with Crippen LogP contribution in [0.5, 0.6) is 0 Å². The molecule has 0 bridgehead atoms. The fourth-order valence-corrected chi connectivity index (χ4v) is 4.03. The number of benzene rings is 2. The van der Waals surface area contributed by atoms with Gasteiger partial charge in [0.25, 0.3) is 0 Å². The predicted octanol–water partition coefficient (Wildman–Crippen LogP) is 2.98. The van der Waals surface area contributed by atoms with Crippen molar-refractivity contribution < 1.29 is 9.59 Å². The van der Waals surface area contributed by atoms with E-state index in [2.05, 4.69) is 15.3 Å². The van der Waals surface area contributed by atoms with Crippen LogP contribution in [0.4, 0.5) is 0 Å². The number of carbonyl (C=O) groups excluding carboxylic acids is 2. The third kappa shape index (κ3) is 1.78. The van der Waals surface area contributed by atoms with Gasteiger partial charge in [-0.1, -0.05) is 36.4 Å². The van der Waals surface area contributed by atoms with Crippen LogP contribution in [0.25, 0.3) is 21.8 Å². The molecule has 2 amide bonds. The standard InChI is InChI=1S/C20H15N3O2/c24-18-9-20(19(25)23-18,14-10-21-16-7-3-1-5-12(14)16)15-11-22-17-8-4-2-6-13(15)17/h1-8,10-11,21-22H,9H2,(H,23,24,25). The van der Waals surface area contributed by atoms with Crippen LogP contribution in [-0.4, -0.2) is 21.8 Å². The fourth-order valence-electron chi connectivity index (χ4n) is 4.03. The van der Waals surface area contributed by atoms with E-state index >= 15 is 0 Å². The lowest BCUT2D eigenvalue weighted by molar-refractivity contribution is -0.125. The zero-order valence-electron chi connectivity index (χ0n) is 13.3. The summed E-state index contributed by atoms with van der Waals surface area (Å²) >= 11 is 0. The number of nitrogens with one attached hydrogen (secondary N) is 3. The Balaban J connectivity index is 1.88. The highest BCUT2D eigenvalue weighted by atomic mass is 16.2. The molecule has 1 aliphatic heterocycles. The Labute approximate surface area is 143 Å². The first-order valence-electron chi connectivity index (χ1n) is 8.17. The molecule has 0 unspecified atom stereocenters. The molecule has 25 heavy (non-hydrogen) atoms. The third-order valence-corrected chi connectivity index (χ3v) is 5.16. The van der Waals surface area contributed by atoms with Gasteiger partial charge in [-0.3, -0.25) is 14.9 Å². The van der Waals surface area contributed by atoms with E-state index in [1.165, 1.54) is 0 Å². The smallest absolute Gasteiger partial charge is 0.242 e. The van der Waals surface area contributed by atoms with Crippen LogP contribution < -0.4 is 5.32 Å². The van der Waals surface area contributed by atoms with Crippen LogP contribution in [0, 0.1) is 0 Å². The maximum absolute atomic E-state index is 13.0. The zero-order chi connectivity index (χ0) is 17.0. The largest absolute Gasteiger partial charge is 0.361 e. The van der Waals surface area contributed by atoms with Crippen molar-refractivity contribution >= 4 is 33.6 Å². The Morgan fingerprint density at radius 2 is 1.28 bits per heavy atom. The van der Waals surface area contributed by atoms with Gasteiger partial charge in [0.05, 0.1) is 0 Å². The number of fused-ring (bicyclic) bond motifs is 2. The average molecular weight is 329 g/mol. The molecule has 1 fully saturated rings. The van der Waals surface area contributed by atoms with Gasteiger partial charge in [0.2, 0.25) is 11.8 Å². The summed E-state index contributed by atoms with van der Waals surface area (Å²) < 4.78 is 0. The van der Waals surface area contributed by atoms with E-state index in [1.54, 1.807) is 0 Å². The zero-order valence-corrected chi connectivity index (χ0v) is 13.3. The van der Waals surface area contributed by atoms with Crippen LogP contribution in [0.3, 0.4) is 0 Å². The molecule has 4 aromatic rings. The van der Waals surface area contributed by atoms with E-state index in [0.29, 0.717) is 0 Å². The van der Waals surface area contributed by atoms with Gasteiger partial charge < -0.3 is 9.97 Å². The van der Waals surface area contributed by atoms with Crippen LogP contribution in [0.2, 0.25) is 0 Å². The van der Waals surface area contributed by atoms with E-state index < -0.39 is 5.41 Å². The van der Waals surface area contributed by atoms with E-state index in [0.717, 1.165) is 32.9 Å². The summed E-state index contributed by atoms with van der Waals surface area (Å²) in [6, 6.07) is 15.7. The molecule has 5 nitrogen and oxygen atoms in total. The molecule has 5 heteroatoms. The molecule has 3 heterocycles. The molecule has 1 saturated heterocycles. The molecular weight excluding hydrogens is 314 g/mol. The number of amides is 2. The van der Waals surface area contributed by atoms with Gasteiger partial charge in [0, 0.05) is 40.6 Å². The lowest BCUT2D eigenvalue weighted by Crippen LogP contribution is -2.36. The Hall–Kier alpha value is -3.34. The van der Waals surface area contributed by atoms with Crippen LogP contribution in [0.15, 0.2) is 60.9 Å². The second kappa shape index (κ2) is 4.83. The van der Waals surface area contributed by atoms with Gasteiger partial charge in [-0.05, 0) is 23.3 Å². The number of carbonyl (C=O) groups is 2. The lowest BCUT2D eigenvalue weighted by Gasteiger charge is -2.25. The van der Waals surface area contributed by atoms with Gasteiger partial charge in [-0.2, -0.15) is 0 Å². The van der Waals surface area contributed by atoms with Crippen molar-refractivity contribution in [1.29, 1.82) is 0 Å². The number of H-pyrrole nitrogens is 2. The average Bonchev–Trinajstić information content (AvgIpc) is 3.30. The third-order valence-electron chi connectivity index (χ3n) is 5.16. The van der Waals surface area contributed by atoms with Crippen LogP contribution in [0.1, 0.15) is 17.5 Å². The highest BCUT2D eigenvalue weighted by Crippen LogP contribution is 2.44. The molecule has 0 aliphatic carbocycles. The monoisotopic (exact) mass is 329 g/mol. The van der Waals surface area contributed by atoms with Crippen molar-refractivity contribution in [3.63, 3.8) is 0 Å². The summed E-state index contributed by atoms with van der Waals surface area (Å²) in [5.74, 6) is -0.521. The van der Waals surface area contributed by atoms with Gasteiger partial charge >= 0.3 is 0 Å². The minimum Gasteiger partial charge on any atom is -0.361 e. The summed E-state index contributed by atoms with van der Waals surface area (Å²) in [5.41, 5.74) is 2.52. The molecule has 2 aromatic heterocycles. The van der Waals surface area contributed by atoms with Gasteiger partial charge in [0.1, 0.15) is 5.41 Å². The molecule has 1 aliphatic rings. The number of imide groups is 1. The normalized spacial score (nSPS) is 16.6. The van der Waals surface area contributed by atoms with Crippen LogP contribution >= 0.6 is 0 Å².